The first-order chi connectivity index (χ1) is 14.4. The first kappa shape index (κ1) is 22.5. The Kier molecular flexibility index (Phi) is 7.67. The summed E-state index contributed by atoms with van der Waals surface area (Å²) in [6.45, 7) is 5.59. The van der Waals surface area contributed by atoms with Crippen molar-refractivity contribution in [1.29, 1.82) is 0 Å². The lowest BCUT2D eigenvalue weighted by Gasteiger charge is -2.36. The highest BCUT2D eigenvalue weighted by Gasteiger charge is 2.34. The molecular weight excluding hydrogens is 396 g/mol. The van der Waals surface area contributed by atoms with Crippen LogP contribution < -0.4 is 0 Å². The second-order valence-electron chi connectivity index (χ2n) is 8.12. The largest absolute Gasteiger partial charge is 0.335 e. The fraction of sp³-hybridized carbons (Fsp3) is 0.458. The third-order valence-corrected chi connectivity index (χ3v) is 7.84. The van der Waals surface area contributed by atoms with Crippen molar-refractivity contribution >= 4 is 15.9 Å². The Hall–Kier alpha value is -2.18. The Labute approximate surface area is 180 Å². The SMILES string of the molecule is CCC(C)N(Cc1ccccc1)C(=O)C1CCN(S(=O)(=O)Cc2ccccc2)CC1. The average molecular weight is 429 g/mol. The van der Waals surface area contributed by atoms with Gasteiger partial charge in [0.2, 0.25) is 15.9 Å². The van der Waals surface area contributed by atoms with E-state index in [0.717, 1.165) is 17.5 Å². The second-order valence-corrected chi connectivity index (χ2v) is 10.1. The van der Waals surface area contributed by atoms with E-state index < -0.39 is 10.0 Å². The Morgan fingerprint density at radius 3 is 2.07 bits per heavy atom. The molecule has 5 nitrogen and oxygen atoms in total. The van der Waals surface area contributed by atoms with Gasteiger partial charge in [0.05, 0.1) is 5.75 Å². The van der Waals surface area contributed by atoms with Crippen LogP contribution in [-0.4, -0.2) is 42.7 Å². The smallest absolute Gasteiger partial charge is 0.226 e. The zero-order chi connectivity index (χ0) is 21.6. The summed E-state index contributed by atoms with van der Waals surface area (Å²) >= 11 is 0. The predicted molar refractivity (Wildman–Crippen MR) is 120 cm³/mol. The molecule has 2 aromatic carbocycles. The standard InChI is InChI=1S/C24H32N2O3S/c1-3-20(2)26(18-21-10-6-4-7-11-21)24(27)23-14-16-25(17-15-23)30(28,29)19-22-12-8-5-9-13-22/h4-13,20,23H,3,14-19H2,1-2H3. The number of rotatable bonds is 8. The van der Waals surface area contributed by atoms with Crippen molar-refractivity contribution < 1.29 is 13.2 Å². The van der Waals surface area contributed by atoms with Gasteiger partial charge in [0.1, 0.15) is 0 Å². The molecule has 0 N–H and O–H groups in total. The van der Waals surface area contributed by atoms with Crippen LogP contribution in [0.3, 0.4) is 0 Å². The Bertz CT molecular complexity index is 908. The molecule has 2 aromatic rings. The third-order valence-electron chi connectivity index (χ3n) is 5.99. The van der Waals surface area contributed by atoms with Crippen molar-refractivity contribution in [3.63, 3.8) is 0 Å². The molecule has 1 unspecified atom stereocenters. The van der Waals surface area contributed by atoms with Crippen LogP contribution in [0.15, 0.2) is 60.7 Å². The number of benzene rings is 2. The van der Waals surface area contributed by atoms with E-state index in [4.69, 9.17) is 0 Å². The quantitative estimate of drug-likeness (QED) is 0.637. The highest BCUT2D eigenvalue weighted by Crippen LogP contribution is 2.25. The van der Waals surface area contributed by atoms with Crippen LogP contribution in [0.25, 0.3) is 0 Å². The van der Waals surface area contributed by atoms with Crippen LogP contribution in [0.2, 0.25) is 0 Å². The number of hydrogen-bond donors (Lipinski definition) is 0. The van der Waals surface area contributed by atoms with E-state index >= 15 is 0 Å². The van der Waals surface area contributed by atoms with E-state index in [-0.39, 0.29) is 23.6 Å². The summed E-state index contributed by atoms with van der Waals surface area (Å²) in [6.07, 6.45) is 2.05. The highest BCUT2D eigenvalue weighted by atomic mass is 32.2. The second kappa shape index (κ2) is 10.2. The molecule has 1 aliphatic heterocycles. The number of carbonyl (C=O) groups is 1. The average Bonchev–Trinajstić information content (AvgIpc) is 2.77. The molecular formula is C24H32N2O3S. The summed E-state index contributed by atoms with van der Waals surface area (Å²) in [6, 6.07) is 19.5. The lowest BCUT2D eigenvalue weighted by molar-refractivity contribution is -0.139. The molecule has 0 saturated carbocycles. The number of sulfonamides is 1. The van der Waals surface area contributed by atoms with E-state index in [1.165, 1.54) is 0 Å². The minimum Gasteiger partial charge on any atom is -0.335 e. The van der Waals surface area contributed by atoms with Crippen molar-refractivity contribution in [3.05, 3.63) is 71.8 Å². The molecule has 0 aliphatic carbocycles. The summed E-state index contributed by atoms with van der Waals surface area (Å²) in [7, 11) is -3.37. The van der Waals surface area contributed by atoms with Gasteiger partial charge in [0, 0.05) is 31.6 Å². The van der Waals surface area contributed by atoms with E-state index in [1.54, 1.807) is 4.31 Å². The van der Waals surface area contributed by atoms with E-state index in [0.29, 0.717) is 32.5 Å². The third kappa shape index (κ3) is 5.70. The fourth-order valence-electron chi connectivity index (χ4n) is 3.94. The minimum atomic E-state index is -3.37. The molecule has 1 atom stereocenters. The summed E-state index contributed by atoms with van der Waals surface area (Å²) in [4.78, 5) is 15.3. The van der Waals surface area contributed by atoms with Crippen molar-refractivity contribution in [2.24, 2.45) is 5.92 Å². The van der Waals surface area contributed by atoms with Gasteiger partial charge in [-0.15, -0.1) is 0 Å². The Morgan fingerprint density at radius 1 is 1.00 bits per heavy atom. The van der Waals surface area contributed by atoms with Gasteiger partial charge in [0.25, 0.3) is 0 Å². The first-order valence-corrected chi connectivity index (χ1v) is 12.4. The van der Waals surface area contributed by atoms with Crippen molar-refractivity contribution in [3.8, 4) is 0 Å². The number of hydrogen-bond acceptors (Lipinski definition) is 3. The summed E-state index contributed by atoms with van der Waals surface area (Å²) < 4.78 is 27.1. The molecule has 6 heteroatoms. The molecule has 1 saturated heterocycles. The Balaban J connectivity index is 1.62. The normalized spacial score (nSPS) is 16.9. The molecule has 30 heavy (non-hydrogen) atoms. The van der Waals surface area contributed by atoms with Gasteiger partial charge >= 0.3 is 0 Å². The molecule has 1 aliphatic rings. The van der Waals surface area contributed by atoms with Crippen LogP contribution in [0, 0.1) is 5.92 Å². The highest BCUT2D eigenvalue weighted by molar-refractivity contribution is 7.88. The minimum absolute atomic E-state index is 0.0133. The van der Waals surface area contributed by atoms with E-state index in [2.05, 4.69) is 13.8 Å². The molecule has 0 radical (unpaired) electrons. The van der Waals surface area contributed by atoms with Crippen LogP contribution in [0.5, 0.6) is 0 Å². The predicted octanol–water partition coefficient (Wildman–Crippen LogP) is 4.06. The lowest BCUT2D eigenvalue weighted by atomic mass is 9.95. The van der Waals surface area contributed by atoms with Crippen molar-refractivity contribution in [1.82, 2.24) is 9.21 Å². The molecule has 3 rings (SSSR count). The van der Waals surface area contributed by atoms with E-state index in [9.17, 15) is 13.2 Å². The maximum absolute atomic E-state index is 13.3. The molecule has 0 aromatic heterocycles. The summed E-state index contributed by atoms with van der Waals surface area (Å²) in [5, 5.41) is 0. The van der Waals surface area contributed by atoms with Crippen molar-refractivity contribution in [2.75, 3.05) is 13.1 Å². The van der Waals surface area contributed by atoms with Crippen molar-refractivity contribution in [2.45, 2.75) is 51.4 Å². The van der Waals surface area contributed by atoms with Gasteiger partial charge < -0.3 is 4.90 Å². The molecule has 1 fully saturated rings. The van der Waals surface area contributed by atoms with Gasteiger partial charge in [-0.3, -0.25) is 4.79 Å². The first-order valence-electron chi connectivity index (χ1n) is 10.8. The topological polar surface area (TPSA) is 57.7 Å². The van der Waals surface area contributed by atoms with Crippen LogP contribution >= 0.6 is 0 Å². The van der Waals surface area contributed by atoms with Crippen LogP contribution in [0.4, 0.5) is 0 Å². The zero-order valence-corrected chi connectivity index (χ0v) is 18.7. The van der Waals surface area contributed by atoms with Gasteiger partial charge in [-0.25, -0.2) is 12.7 Å². The maximum Gasteiger partial charge on any atom is 0.226 e. The molecule has 162 valence electrons. The van der Waals surface area contributed by atoms with Gasteiger partial charge in [-0.2, -0.15) is 0 Å². The van der Waals surface area contributed by atoms with E-state index in [1.807, 2.05) is 65.6 Å². The molecule has 0 bridgehead atoms. The van der Waals surface area contributed by atoms with Gasteiger partial charge in [-0.1, -0.05) is 67.6 Å². The molecule has 1 amide bonds. The Morgan fingerprint density at radius 2 is 1.53 bits per heavy atom. The lowest BCUT2D eigenvalue weighted by Crippen LogP contribution is -2.46. The summed E-state index contributed by atoms with van der Waals surface area (Å²) in [5.41, 5.74) is 1.91. The maximum atomic E-state index is 13.3. The zero-order valence-electron chi connectivity index (χ0n) is 17.9. The number of carbonyl (C=O) groups excluding carboxylic acids is 1. The monoisotopic (exact) mass is 428 g/mol. The molecule has 0 spiro atoms. The number of piperidine rings is 1. The fourth-order valence-corrected chi connectivity index (χ4v) is 5.51. The summed E-state index contributed by atoms with van der Waals surface area (Å²) in [5.74, 6) is 0.0404. The van der Waals surface area contributed by atoms with Crippen LogP contribution in [-0.2, 0) is 27.1 Å². The van der Waals surface area contributed by atoms with Gasteiger partial charge in [-0.05, 0) is 37.3 Å². The number of nitrogens with zero attached hydrogens (tertiary/aromatic N) is 2. The number of amides is 1. The van der Waals surface area contributed by atoms with Gasteiger partial charge in [0.15, 0.2) is 0 Å². The van der Waals surface area contributed by atoms with Crippen LogP contribution in [0.1, 0.15) is 44.2 Å². The molecule has 1 heterocycles.